The van der Waals surface area contributed by atoms with Gasteiger partial charge in [0.05, 0.1) is 0 Å². The van der Waals surface area contributed by atoms with Gasteiger partial charge in [-0.15, -0.1) is 5.10 Å². The lowest BCUT2D eigenvalue weighted by atomic mass is 10.1. The minimum absolute atomic E-state index is 0.00528. The Kier molecular flexibility index (Phi) is 5.02. The van der Waals surface area contributed by atoms with Gasteiger partial charge in [-0.25, -0.2) is 13.1 Å². The molecule has 1 saturated heterocycles. The zero-order chi connectivity index (χ0) is 14.0. The van der Waals surface area contributed by atoms with Crippen LogP contribution >= 0.6 is 31.9 Å². The number of hydrogen-bond acceptors (Lipinski definition) is 4. The Morgan fingerprint density at radius 2 is 2.11 bits per heavy atom. The molecule has 0 aliphatic carbocycles. The highest BCUT2D eigenvalue weighted by Crippen LogP contribution is 2.28. The van der Waals surface area contributed by atoms with Crippen LogP contribution in [0.1, 0.15) is 25.7 Å². The van der Waals surface area contributed by atoms with Gasteiger partial charge in [-0.05, 0) is 28.8 Å². The summed E-state index contributed by atoms with van der Waals surface area (Å²) in [5.74, 6) is 0. The van der Waals surface area contributed by atoms with E-state index in [0.29, 0.717) is 11.9 Å². The molecule has 1 aromatic heterocycles. The summed E-state index contributed by atoms with van der Waals surface area (Å²) in [6, 6.07) is -0.00528. The van der Waals surface area contributed by atoms with Crippen molar-refractivity contribution in [3.8, 4) is 0 Å². The van der Waals surface area contributed by atoms with E-state index in [1.807, 2.05) is 0 Å². The summed E-state index contributed by atoms with van der Waals surface area (Å²) in [6.07, 6.45) is 3.91. The standard InChI is InChI=1S/C10H16Br2N4O2S/c1-15-10(9(12)13-14-15)19(17,18)16-6-4-2-3-5-8(16)7-11/h8H,2-7H2,1H3. The van der Waals surface area contributed by atoms with Crippen molar-refractivity contribution in [2.24, 2.45) is 7.05 Å². The van der Waals surface area contributed by atoms with E-state index >= 15 is 0 Å². The molecule has 1 aliphatic rings. The fourth-order valence-electron chi connectivity index (χ4n) is 2.33. The lowest BCUT2D eigenvalue weighted by molar-refractivity contribution is 0.344. The summed E-state index contributed by atoms with van der Waals surface area (Å²) in [7, 11) is -1.98. The highest BCUT2D eigenvalue weighted by Gasteiger charge is 2.35. The molecule has 1 aromatic rings. The maximum Gasteiger partial charge on any atom is 0.263 e. The maximum absolute atomic E-state index is 12.8. The van der Waals surface area contributed by atoms with Gasteiger partial charge >= 0.3 is 0 Å². The summed E-state index contributed by atoms with van der Waals surface area (Å²) in [5.41, 5.74) is 0. The normalized spacial score (nSPS) is 22.4. The average Bonchev–Trinajstić information content (AvgIpc) is 2.59. The topological polar surface area (TPSA) is 68.1 Å². The molecule has 0 spiro atoms. The summed E-state index contributed by atoms with van der Waals surface area (Å²) in [5, 5.41) is 8.29. The smallest absolute Gasteiger partial charge is 0.235 e. The van der Waals surface area contributed by atoms with Crippen LogP contribution in [0.2, 0.25) is 0 Å². The Morgan fingerprint density at radius 3 is 2.68 bits per heavy atom. The Labute approximate surface area is 129 Å². The molecule has 1 unspecified atom stereocenters. The Morgan fingerprint density at radius 1 is 1.37 bits per heavy atom. The van der Waals surface area contributed by atoms with Gasteiger partial charge in [-0.3, -0.25) is 0 Å². The minimum Gasteiger partial charge on any atom is -0.235 e. The number of nitrogens with zero attached hydrogens (tertiary/aromatic N) is 4. The van der Waals surface area contributed by atoms with Gasteiger partial charge in [0.1, 0.15) is 0 Å². The number of halogens is 2. The van der Waals surface area contributed by atoms with E-state index in [1.165, 1.54) is 4.68 Å². The predicted molar refractivity (Wildman–Crippen MR) is 78.6 cm³/mol. The van der Waals surface area contributed by atoms with Crippen molar-refractivity contribution in [2.45, 2.75) is 36.8 Å². The lowest BCUT2D eigenvalue weighted by Gasteiger charge is -2.27. The van der Waals surface area contributed by atoms with Gasteiger partial charge in [0.15, 0.2) is 4.60 Å². The van der Waals surface area contributed by atoms with E-state index in [4.69, 9.17) is 0 Å². The molecule has 0 bridgehead atoms. The number of aryl methyl sites for hydroxylation is 1. The van der Waals surface area contributed by atoms with Crippen LogP contribution in [-0.2, 0) is 17.1 Å². The van der Waals surface area contributed by atoms with Gasteiger partial charge in [-0.1, -0.05) is 34.0 Å². The molecule has 1 fully saturated rings. The second kappa shape index (κ2) is 6.19. The van der Waals surface area contributed by atoms with E-state index in [0.717, 1.165) is 25.7 Å². The largest absolute Gasteiger partial charge is 0.263 e. The molecule has 19 heavy (non-hydrogen) atoms. The maximum atomic E-state index is 12.8. The molecule has 2 heterocycles. The van der Waals surface area contributed by atoms with Crippen LogP contribution in [-0.4, -0.2) is 45.6 Å². The second-order valence-electron chi connectivity index (χ2n) is 4.58. The fraction of sp³-hybridized carbons (Fsp3) is 0.800. The first-order valence-corrected chi connectivity index (χ1v) is 9.47. The zero-order valence-electron chi connectivity index (χ0n) is 10.6. The van der Waals surface area contributed by atoms with Crippen molar-refractivity contribution in [3.63, 3.8) is 0 Å². The minimum atomic E-state index is -3.57. The highest BCUT2D eigenvalue weighted by molar-refractivity contribution is 9.10. The quantitative estimate of drug-likeness (QED) is 0.707. The third-order valence-electron chi connectivity index (χ3n) is 3.29. The van der Waals surface area contributed by atoms with E-state index < -0.39 is 10.0 Å². The van der Waals surface area contributed by atoms with Crippen LogP contribution < -0.4 is 0 Å². The number of aromatic nitrogens is 3. The van der Waals surface area contributed by atoms with E-state index in [1.54, 1.807) is 11.4 Å². The summed E-state index contributed by atoms with van der Waals surface area (Å²) >= 11 is 6.59. The van der Waals surface area contributed by atoms with Crippen LogP contribution in [0.15, 0.2) is 9.63 Å². The Hall–Kier alpha value is 0.01000. The monoisotopic (exact) mass is 414 g/mol. The first kappa shape index (κ1) is 15.4. The molecule has 9 heteroatoms. The third-order valence-corrected chi connectivity index (χ3v) is 6.88. The molecule has 0 saturated carbocycles. The Balaban J connectivity index is 2.42. The van der Waals surface area contributed by atoms with Crippen molar-refractivity contribution in [1.29, 1.82) is 0 Å². The van der Waals surface area contributed by atoms with Crippen molar-refractivity contribution < 1.29 is 8.42 Å². The molecular weight excluding hydrogens is 400 g/mol. The lowest BCUT2D eigenvalue weighted by Crippen LogP contribution is -2.41. The molecule has 0 aromatic carbocycles. The van der Waals surface area contributed by atoms with Crippen LogP contribution in [0.4, 0.5) is 0 Å². The molecule has 108 valence electrons. The first-order valence-electron chi connectivity index (χ1n) is 6.11. The number of rotatable bonds is 3. The SMILES string of the molecule is Cn1nnc(Br)c1S(=O)(=O)N1CCCCCC1CBr. The molecular formula is C10H16Br2N4O2S. The van der Waals surface area contributed by atoms with Crippen molar-refractivity contribution in [1.82, 2.24) is 19.3 Å². The van der Waals surface area contributed by atoms with Crippen LogP contribution in [0.3, 0.4) is 0 Å². The molecule has 2 rings (SSSR count). The van der Waals surface area contributed by atoms with Crippen molar-refractivity contribution >= 4 is 41.9 Å². The molecule has 6 nitrogen and oxygen atoms in total. The number of hydrogen-bond donors (Lipinski definition) is 0. The predicted octanol–water partition coefficient (Wildman–Crippen LogP) is 1.91. The summed E-state index contributed by atoms with van der Waals surface area (Å²) < 4.78 is 28.7. The highest BCUT2D eigenvalue weighted by atomic mass is 79.9. The molecule has 1 aliphatic heterocycles. The van der Waals surface area contributed by atoms with Crippen molar-refractivity contribution in [2.75, 3.05) is 11.9 Å². The van der Waals surface area contributed by atoms with E-state index in [2.05, 4.69) is 42.2 Å². The molecule has 0 N–H and O–H groups in total. The molecule has 0 radical (unpaired) electrons. The average molecular weight is 416 g/mol. The zero-order valence-corrected chi connectivity index (χ0v) is 14.6. The second-order valence-corrected chi connectivity index (χ2v) is 7.79. The van der Waals surface area contributed by atoms with Crippen molar-refractivity contribution in [3.05, 3.63) is 4.60 Å². The summed E-state index contributed by atoms with van der Waals surface area (Å²) in [4.78, 5) is 0. The Bertz CT molecular complexity index is 526. The van der Waals surface area contributed by atoms with Gasteiger partial charge in [0, 0.05) is 25.0 Å². The number of sulfonamides is 1. The first-order chi connectivity index (χ1) is 8.98. The van der Waals surface area contributed by atoms with Crippen LogP contribution in [0, 0.1) is 0 Å². The van der Waals surface area contributed by atoms with Crippen LogP contribution in [0.25, 0.3) is 0 Å². The van der Waals surface area contributed by atoms with E-state index in [9.17, 15) is 8.42 Å². The third kappa shape index (κ3) is 3.03. The van der Waals surface area contributed by atoms with E-state index in [-0.39, 0.29) is 15.7 Å². The van der Waals surface area contributed by atoms with Crippen LogP contribution in [0.5, 0.6) is 0 Å². The van der Waals surface area contributed by atoms with Gasteiger partial charge in [0.2, 0.25) is 5.03 Å². The van der Waals surface area contributed by atoms with Gasteiger partial charge < -0.3 is 0 Å². The van der Waals surface area contributed by atoms with Gasteiger partial charge in [0.25, 0.3) is 10.0 Å². The fourth-order valence-corrected chi connectivity index (χ4v) is 5.92. The summed E-state index contributed by atoms with van der Waals surface area (Å²) in [6.45, 7) is 0.552. The molecule has 1 atom stereocenters. The van der Waals surface area contributed by atoms with Gasteiger partial charge in [-0.2, -0.15) is 4.31 Å². The molecule has 0 amide bonds. The number of alkyl halides is 1.